The molecule has 0 spiro atoms. The van der Waals surface area contributed by atoms with Crippen LogP contribution in [0.4, 0.5) is 5.69 Å². The van der Waals surface area contributed by atoms with Gasteiger partial charge in [0.2, 0.25) is 5.78 Å². The van der Waals surface area contributed by atoms with E-state index in [1.807, 2.05) is 26.0 Å². The van der Waals surface area contributed by atoms with Crippen molar-refractivity contribution in [1.29, 1.82) is 0 Å². The summed E-state index contributed by atoms with van der Waals surface area (Å²) in [7, 11) is 0. The number of nitro groups is 1. The first-order valence-corrected chi connectivity index (χ1v) is 7.56. The molecule has 128 valence electrons. The number of non-ortho nitro benzene ring substituents is 1. The van der Waals surface area contributed by atoms with Crippen molar-refractivity contribution in [2.24, 2.45) is 0 Å². The molecular formula is C19H17NO5. The summed E-state index contributed by atoms with van der Waals surface area (Å²) < 4.78 is 4.94. The fourth-order valence-electron chi connectivity index (χ4n) is 2.21. The van der Waals surface area contributed by atoms with Gasteiger partial charge < -0.3 is 4.74 Å². The fraction of sp³-hybridized carbons (Fsp3) is 0.158. The van der Waals surface area contributed by atoms with Crippen LogP contribution < -0.4 is 0 Å². The summed E-state index contributed by atoms with van der Waals surface area (Å²) >= 11 is 0. The van der Waals surface area contributed by atoms with Gasteiger partial charge in [0.15, 0.2) is 6.61 Å². The molecule has 0 aliphatic heterocycles. The number of ether oxygens (including phenoxy) is 1. The van der Waals surface area contributed by atoms with Crippen LogP contribution in [0.2, 0.25) is 0 Å². The molecule has 0 unspecified atom stereocenters. The predicted molar refractivity (Wildman–Crippen MR) is 93.3 cm³/mol. The maximum atomic E-state index is 12.1. The molecule has 0 aliphatic carbocycles. The standard InChI is InChI=1S/C19H17NO5/c1-13-6-7-14(2)17(10-13)18(21)12-25-19(22)9-8-15-4-3-5-16(11-15)20(23)24/h3-11H,12H2,1-2H3/b9-8+. The van der Waals surface area contributed by atoms with Crippen molar-refractivity contribution >= 4 is 23.5 Å². The molecule has 2 aromatic rings. The Kier molecular flexibility index (Phi) is 5.79. The number of hydrogen-bond donors (Lipinski definition) is 0. The van der Waals surface area contributed by atoms with Crippen LogP contribution in [0, 0.1) is 24.0 Å². The first-order chi connectivity index (χ1) is 11.9. The Morgan fingerprint density at radius 1 is 1.16 bits per heavy atom. The van der Waals surface area contributed by atoms with Crippen LogP contribution in [-0.2, 0) is 9.53 Å². The number of carbonyl (C=O) groups is 2. The average molecular weight is 339 g/mol. The molecule has 2 rings (SSSR count). The average Bonchev–Trinajstić information content (AvgIpc) is 2.60. The topological polar surface area (TPSA) is 86.5 Å². The number of hydrogen-bond acceptors (Lipinski definition) is 5. The summed E-state index contributed by atoms with van der Waals surface area (Å²) in [5.74, 6) is -0.969. The van der Waals surface area contributed by atoms with E-state index in [-0.39, 0.29) is 18.1 Å². The summed E-state index contributed by atoms with van der Waals surface area (Å²) in [6.45, 7) is 3.34. The van der Waals surface area contributed by atoms with E-state index in [0.29, 0.717) is 11.1 Å². The summed E-state index contributed by atoms with van der Waals surface area (Å²) in [5.41, 5.74) is 2.72. The quantitative estimate of drug-likeness (QED) is 0.264. The second-order valence-electron chi connectivity index (χ2n) is 5.53. The zero-order valence-electron chi connectivity index (χ0n) is 13.9. The highest BCUT2D eigenvalue weighted by molar-refractivity contribution is 6.00. The number of ketones is 1. The molecule has 2 aromatic carbocycles. The molecule has 6 heteroatoms. The van der Waals surface area contributed by atoms with Crippen LogP contribution in [0.1, 0.15) is 27.0 Å². The van der Waals surface area contributed by atoms with Gasteiger partial charge in [0.1, 0.15) is 0 Å². The molecule has 6 nitrogen and oxygen atoms in total. The van der Waals surface area contributed by atoms with Crippen LogP contribution in [-0.4, -0.2) is 23.3 Å². The van der Waals surface area contributed by atoms with E-state index in [4.69, 9.17) is 4.74 Å². The van der Waals surface area contributed by atoms with E-state index < -0.39 is 10.9 Å². The Labute approximate surface area is 144 Å². The summed E-state index contributed by atoms with van der Waals surface area (Å²) in [5, 5.41) is 10.7. The molecule has 0 atom stereocenters. The van der Waals surface area contributed by atoms with Crippen LogP contribution in [0.3, 0.4) is 0 Å². The third-order valence-electron chi connectivity index (χ3n) is 3.53. The van der Waals surface area contributed by atoms with Crippen molar-refractivity contribution in [3.63, 3.8) is 0 Å². The molecule has 0 bridgehead atoms. The van der Waals surface area contributed by atoms with Crippen molar-refractivity contribution in [1.82, 2.24) is 0 Å². The smallest absolute Gasteiger partial charge is 0.331 e. The summed E-state index contributed by atoms with van der Waals surface area (Å²) in [6, 6.07) is 11.3. The fourth-order valence-corrected chi connectivity index (χ4v) is 2.21. The largest absolute Gasteiger partial charge is 0.454 e. The van der Waals surface area contributed by atoms with Crippen molar-refractivity contribution in [2.75, 3.05) is 6.61 Å². The first kappa shape index (κ1) is 18.1. The highest BCUT2D eigenvalue weighted by Crippen LogP contribution is 2.14. The molecule has 0 N–H and O–H groups in total. The predicted octanol–water partition coefficient (Wildman–Crippen LogP) is 3.65. The number of carbonyl (C=O) groups excluding carboxylic acids is 2. The van der Waals surface area contributed by atoms with Crippen molar-refractivity contribution in [3.8, 4) is 0 Å². The minimum Gasteiger partial charge on any atom is -0.454 e. The summed E-state index contributed by atoms with van der Waals surface area (Å²) in [4.78, 5) is 34.1. The van der Waals surface area contributed by atoms with Gasteiger partial charge in [-0.05, 0) is 37.1 Å². The lowest BCUT2D eigenvalue weighted by Crippen LogP contribution is -2.13. The molecule has 0 aromatic heterocycles. The minimum absolute atomic E-state index is 0.0689. The first-order valence-electron chi connectivity index (χ1n) is 7.56. The number of Topliss-reactive ketones (excluding diaryl/α,β-unsaturated/α-hetero) is 1. The molecule has 0 heterocycles. The van der Waals surface area contributed by atoms with Gasteiger partial charge in [-0.2, -0.15) is 0 Å². The second kappa shape index (κ2) is 8.01. The zero-order chi connectivity index (χ0) is 18.4. The van der Waals surface area contributed by atoms with Gasteiger partial charge in [-0.15, -0.1) is 0 Å². The molecule has 0 fully saturated rings. The monoisotopic (exact) mass is 339 g/mol. The van der Waals surface area contributed by atoms with Gasteiger partial charge in [-0.1, -0.05) is 29.8 Å². The van der Waals surface area contributed by atoms with Crippen molar-refractivity contribution in [3.05, 3.63) is 80.9 Å². The van der Waals surface area contributed by atoms with E-state index in [1.54, 1.807) is 12.1 Å². The Balaban J connectivity index is 1.96. The van der Waals surface area contributed by atoms with Crippen LogP contribution in [0.15, 0.2) is 48.5 Å². The Morgan fingerprint density at radius 3 is 2.64 bits per heavy atom. The van der Waals surface area contributed by atoms with Crippen molar-refractivity contribution < 1.29 is 19.2 Å². The number of aryl methyl sites for hydroxylation is 2. The summed E-state index contributed by atoms with van der Waals surface area (Å²) in [6.07, 6.45) is 2.53. The number of benzene rings is 2. The maximum absolute atomic E-state index is 12.1. The Morgan fingerprint density at radius 2 is 1.92 bits per heavy atom. The normalized spacial score (nSPS) is 10.6. The van der Waals surface area contributed by atoms with Gasteiger partial charge in [-0.3, -0.25) is 14.9 Å². The molecule has 0 amide bonds. The SMILES string of the molecule is Cc1ccc(C)c(C(=O)COC(=O)/C=C/c2cccc([N+](=O)[O-])c2)c1. The number of esters is 1. The number of nitro benzene ring substituents is 1. The lowest BCUT2D eigenvalue weighted by Gasteiger charge is -2.06. The maximum Gasteiger partial charge on any atom is 0.331 e. The third kappa shape index (κ3) is 5.10. The number of rotatable bonds is 6. The van der Waals surface area contributed by atoms with E-state index in [2.05, 4.69) is 0 Å². The molecular weight excluding hydrogens is 322 g/mol. The zero-order valence-corrected chi connectivity index (χ0v) is 13.9. The third-order valence-corrected chi connectivity index (χ3v) is 3.53. The van der Waals surface area contributed by atoms with E-state index in [0.717, 1.165) is 17.2 Å². The minimum atomic E-state index is -0.690. The lowest BCUT2D eigenvalue weighted by atomic mass is 10.0. The Hall–Kier alpha value is -3.28. The van der Waals surface area contributed by atoms with E-state index in [1.165, 1.54) is 24.3 Å². The van der Waals surface area contributed by atoms with Gasteiger partial charge in [-0.25, -0.2) is 4.79 Å². The van der Waals surface area contributed by atoms with Crippen LogP contribution in [0.25, 0.3) is 6.08 Å². The second-order valence-corrected chi connectivity index (χ2v) is 5.53. The molecule has 0 saturated heterocycles. The molecule has 0 aliphatic rings. The van der Waals surface area contributed by atoms with Gasteiger partial charge in [0.25, 0.3) is 5.69 Å². The molecule has 0 radical (unpaired) electrons. The van der Waals surface area contributed by atoms with Gasteiger partial charge in [0, 0.05) is 23.8 Å². The van der Waals surface area contributed by atoms with Gasteiger partial charge in [0.05, 0.1) is 4.92 Å². The molecule has 0 saturated carbocycles. The van der Waals surface area contributed by atoms with E-state index >= 15 is 0 Å². The van der Waals surface area contributed by atoms with Crippen molar-refractivity contribution in [2.45, 2.75) is 13.8 Å². The Bertz CT molecular complexity index is 855. The van der Waals surface area contributed by atoms with Crippen LogP contribution >= 0.6 is 0 Å². The highest BCUT2D eigenvalue weighted by atomic mass is 16.6. The van der Waals surface area contributed by atoms with Gasteiger partial charge >= 0.3 is 5.97 Å². The highest BCUT2D eigenvalue weighted by Gasteiger charge is 2.11. The number of nitrogens with zero attached hydrogens (tertiary/aromatic N) is 1. The lowest BCUT2D eigenvalue weighted by molar-refractivity contribution is -0.384. The van der Waals surface area contributed by atoms with E-state index in [9.17, 15) is 19.7 Å². The van der Waals surface area contributed by atoms with Crippen LogP contribution in [0.5, 0.6) is 0 Å². The molecule has 25 heavy (non-hydrogen) atoms.